The van der Waals surface area contributed by atoms with Crippen LogP contribution in [0.1, 0.15) is 12.5 Å². The molecule has 1 aromatic rings. The normalized spacial score (nSPS) is 12.5. The summed E-state index contributed by atoms with van der Waals surface area (Å²) in [5.41, 5.74) is 0.728. The molecule has 0 saturated heterocycles. The van der Waals surface area contributed by atoms with Crippen molar-refractivity contribution in [1.82, 2.24) is 5.32 Å². The maximum atomic E-state index is 9.80. The van der Waals surface area contributed by atoms with Crippen molar-refractivity contribution in [2.45, 2.75) is 19.5 Å². The molecule has 0 heterocycles. The first-order valence-electron chi connectivity index (χ1n) is 4.98. The van der Waals surface area contributed by atoms with Gasteiger partial charge in [0.05, 0.1) is 18.2 Å². The van der Waals surface area contributed by atoms with Gasteiger partial charge in [0.1, 0.15) is 11.5 Å². The second kappa shape index (κ2) is 6.08. The van der Waals surface area contributed by atoms with Crippen molar-refractivity contribution in [2.24, 2.45) is 0 Å². The molecule has 0 aliphatic rings. The van der Waals surface area contributed by atoms with Crippen LogP contribution >= 0.6 is 15.9 Å². The summed E-state index contributed by atoms with van der Waals surface area (Å²) in [6.07, 6.45) is 0. The molecule has 0 spiro atoms. The number of nitrogens with one attached hydrogen (secondary N) is 1. The van der Waals surface area contributed by atoms with Crippen molar-refractivity contribution in [1.29, 1.82) is 0 Å². The van der Waals surface area contributed by atoms with E-state index in [9.17, 15) is 5.11 Å². The lowest BCUT2D eigenvalue weighted by Gasteiger charge is -2.13. The SMILES string of the molecule is COc1cc(Br)c(O)c(CN[C@@H](C)CO)c1. The topological polar surface area (TPSA) is 61.7 Å². The van der Waals surface area contributed by atoms with E-state index in [0.717, 1.165) is 5.56 Å². The minimum Gasteiger partial charge on any atom is -0.506 e. The molecule has 0 aliphatic carbocycles. The van der Waals surface area contributed by atoms with E-state index in [1.54, 1.807) is 19.2 Å². The van der Waals surface area contributed by atoms with Crippen LogP contribution in [-0.2, 0) is 6.54 Å². The van der Waals surface area contributed by atoms with Crippen LogP contribution in [0.4, 0.5) is 0 Å². The van der Waals surface area contributed by atoms with Crippen molar-refractivity contribution in [3.8, 4) is 11.5 Å². The van der Waals surface area contributed by atoms with E-state index in [1.165, 1.54) is 0 Å². The van der Waals surface area contributed by atoms with E-state index in [0.29, 0.717) is 16.8 Å². The van der Waals surface area contributed by atoms with Gasteiger partial charge in [-0.05, 0) is 35.0 Å². The lowest BCUT2D eigenvalue weighted by molar-refractivity contribution is 0.250. The van der Waals surface area contributed by atoms with Crippen LogP contribution in [0.3, 0.4) is 0 Å². The molecular formula is C11H16BrNO3. The number of aliphatic hydroxyl groups is 1. The van der Waals surface area contributed by atoms with E-state index in [-0.39, 0.29) is 18.4 Å². The zero-order chi connectivity index (χ0) is 12.1. The molecule has 0 unspecified atom stereocenters. The van der Waals surface area contributed by atoms with E-state index in [2.05, 4.69) is 21.2 Å². The first kappa shape index (κ1) is 13.3. The van der Waals surface area contributed by atoms with Crippen LogP contribution in [0, 0.1) is 0 Å². The molecule has 0 saturated carbocycles. The lowest BCUT2D eigenvalue weighted by Crippen LogP contribution is -2.28. The Kier molecular flexibility index (Phi) is 5.05. The minimum atomic E-state index is -0.00984. The monoisotopic (exact) mass is 289 g/mol. The Morgan fingerprint density at radius 1 is 1.50 bits per heavy atom. The highest BCUT2D eigenvalue weighted by molar-refractivity contribution is 9.10. The van der Waals surface area contributed by atoms with Crippen molar-refractivity contribution < 1.29 is 14.9 Å². The maximum Gasteiger partial charge on any atom is 0.134 e. The van der Waals surface area contributed by atoms with Crippen molar-refractivity contribution in [3.05, 3.63) is 22.2 Å². The lowest BCUT2D eigenvalue weighted by atomic mass is 10.2. The Morgan fingerprint density at radius 2 is 2.19 bits per heavy atom. The second-order valence-electron chi connectivity index (χ2n) is 3.58. The molecule has 0 amide bonds. The summed E-state index contributed by atoms with van der Waals surface area (Å²) in [4.78, 5) is 0. The van der Waals surface area contributed by atoms with E-state index >= 15 is 0 Å². The summed E-state index contributed by atoms with van der Waals surface area (Å²) in [6, 6.07) is 3.45. The molecule has 0 bridgehead atoms. The van der Waals surface area contributed by atoms with Gasteiger partial charge in [-0.2, -0.15) is 0 Å². The van der Waals surface area contributed by atoms with Gasteiger partial charge in [-0.25, -0.2) is 0 Å². The molecule has 1 aromatic carbocycles. The highest BCUT2D eigenvalue weighted by Gasteiger charge is 2.09. The minimum absolute atomic E-state index is 0.00984. The number of phenolic OH excluding ortho intramolecular Hbond substituents is 1. The molecule has 1 atom stereocenters. The summed E-state index contributed by atoms with van der Waals surface area (Å²) in [5, 5.41) is 21.8. The fourth-order valence-corrected chi connectivity index (χ4v) is 1.71. The number of ether oxygens (including phenoxy) is 1. The van der Waals surface area contributed by atoms with E-state index in [1.807, 2.05) is 6.92 Å². The third-order valence-corrected chi connectivity index (χ3v) is 2.87. The first-order valence-corrected chi connectivity index (χ1v) is 5.77. The van der Waals surface area contributed by atoms with Crippen LogP contribution in [0.15, 0.2) is 16.6 Å². The van der Waals surface area contributed by atoms with Gasteiger partial charge in [-0.1, -0.05) is 0 Å². The average Bonchev–Trinajstić information content (AvgIpc) is 2.30. The number of hydrogen-bond acceptors (Lipinski definition) is 4. The molecule has 0 fully saturated rings. The van der Waals surface area contributed by atoms with E-state index < -0.39 is 0 Å². The molecule has 0 radical (unpaired) electrons. The maximum absolute atomic E-state index is 9.80. The van der Waals surface area contributed by atoms with Gasteiger partial charge >= 0.3 is 0 Å². The standard InChI is InChI=1S/C11H16BrNO3/c1-7(6-14)13-5-8-3-9(16-2)4-10(12)11(8)15/h3-4,7,13-15H,5-6H2,1-2H3/t7-/m0/s1. The number of benzene rings is 1. The number of aromatic hydroxyl groups is 1. The Hall–Kier alpha value is -0.780. The summed E-state index contributed by atoms with van der Waals surface area (Å²) >= 11 is 3.25. The van der Waals surface area contributed by atoms with Gasteiger partial charge in [0.25, 0.3) is 0 Å². The van der Waals surface area contributed by atoms with Crippen molar-refractivity contribution >= 4 is 15.9 Å². The Labute approximate surface area is 103 Å². The smallest absolute Gasteiger partial charge is 0.134 e. The summed E-state index contributed by atoms with van der Waals surface area (Å²) < 4.78 is 5.70. The first-order chi connectivity index (χ1) is 7.58. The second-order valence-corrected chi connectivity index (χ2v) is 4.44. The van der Waals surface area contributed by atoms with Crippen LogP contribution in [0.25, 0.3) is 0 Å². The number of hydrogen-bond donors (Lipinski definition) is 3. The van der Waals surface area contributed by atoms with Gasteiger partial charge in [0, 0.05) is 18.2 Å². The number of aliphatic hydroxyl groups excluding tert-OH is 1. The molecule has 90 valence electrons. The zero-order valence-corrected chi connectivity index (χ0v) is 10.9. The largest absolute Gasteiger partial charge is 0.506 e. The fourth-order valence-electron chi connectivity index (χ4n) is 1.23. The molecule has 5 heteroatoms. The summed E-state index contributed by atoms with van der Waals surface area (Å²) in [5.74, 6) is 0.872. The molecule has 16 heavy (non-hydrogen) atoms. The van der Waals surface area contributed by atoms with Crippen LogP contribution in [0.5, 0.6) is 11.5 Å². The third kappa shape index (κ3) is 3.37. The predicted octanol–water partition coefficient (Wildman–Crippen LogP) is 1.63. The molecular weight excluding hydrogens is 274 g/mol. The average molecular weight is 290 g/mol. The van der Waals surface area contributed by atoms with E-state index in [4.69, 9.17) is 9.84 Å². The molecule has 4 nitrogen and oxygen atoms in total. The Bertz CT molecular complexity index is 357. The third-order valence-electron chi connectivity index (χ3n) is 2.27. The number of rotatable bonds is 5. The van der Waals surface area contributed by atoms with Crippen molar-refractivity contribution in [3.63, 3.8) is 0 Å². The zero-order valence-electron chi connectivity index (χ0n) is 9.33. The number of methoxy groups -OCH3 is 1. The Morgan fingerprint density at radius 3 is 2.75 bits per heavy atom. The highest BCUT2D eigenvalue weighted by Crippen LogP contribution is 2.32. The molecule has 3 N–H and O–H groups in total. The molecule has 0 aromatic heterocycles. The van der Waals surface area contributed by atoms with Gasteiger partial charge in [0.2, 0.25) is 0 Å². The highest BCUT2D eigenvalue weighted by atomic mass is 79.9. The van der Waals surface area contributed by atoms with Gasteiger partial charge in [0.15, 0.2) is 0 Å². The molecule has 0 aliphatic heterocycles. The molecule has 1 rings (SSSR count). The summed E-state index contributed by atoms with van der Waals surface area (Å²) in [7, 11) is 1.58. The predicted molar refractivity (Wildman–Crippen MR) is 65.7 cm³/mol. The summed E-state index contributed by atoms with van der Waals surface area (Å²) in [6.45, 7) is 2.40. The number of phenols is 1. The number of halogens is 1. The quantitative estimate of drug-likeness (QED) is 0.771. The van der Waals surface area contributed by atoms with Gasteiger partial charge < -0.3 is 20.3 Å². The Balaban J connectivity index is 2.82. The van der Waals surface area contributed by atoms with Crippen molar-refractivity contribution in [2.75, 3.05) is 13.7 Å². The van der Waals surface area contributed by atoms with Crippen LogP contribution < -0.4 is 10.1 Å². The fraction of sp³-hybridized carbons (Fsp3) is 0.455. The van der Waals surface area contributed by atoms with Crippen LogP contribution in [0.2, 0.25) is 0 Å². The van der Waals surface area contributed by atoms with Gasteiger partial charge in [-0.3, -0.25) is 0 Å². The van der Waals surface area contributed by atoms with Crippen LogP contribution in [-0.4, -0.2) is 30.0 Å². The van der Waals surface area contributed by atoms with Gasteiger partial charge in [-0.15, -0.1) is 0 Å².